The molecule has 0 aliphatic heterocycles. The molecule has 2 saturated carbocycles. The molecule has 2 amide bonds. The van der Waals surface area contributed by atoms with Gasteiger partial charge in [-0.25, -0.2) is 0 Å². The van der Waals surface area contributed by atoms with Gasteiger partial charge in [0.15, 0.2) is 11.0 Å². The zero-order valence-electron chi connectivity index (χ0n) is 18.4. The van der Waals surface area contributed by atoms with Gasteiger partial charge in [-0.15, -0.1) is 10.2 Å². The first-order valence-corrected chi connectivity index (χ1v) is 12.6. The minimum Gasteiger partial charge on any atom is -0.484 e. The highest BCUT2D eigenvalue weighted by Crippen LogP contribution is 2.39. The molecule has 10 heteroatoms. The van der Waals surface area contributed by atoms with Gasteiger partial charge in [-0.3, -0.25) is 14.2 Å². The summed E-state index contributed by atoms with van der Waals surface area (Å²) in [7, 11) is 0. The standard InChI is InChI=1S/C24H24ClN5O3S/c25-18-6-2-4-8-20(18)33-13-21-28-29-24(30(21)16-11-12-16)34-14-22(31)27-19-7-3-1-5-17(19)23(32)26-15-9-10-15/h1-8,15-16H,9-14H2,(H,26,32)(H,27,31). The predicted molar refractivity (Wildman–Crippen MR) is 130 cm³/mol. The SMILES string of the molecule is O=C(CSc1nnc(COc2ccccc2Cl)n1C1CC1)Nc1ccccc1C(=O)NC1CC1. The average Bonchev–Trinajstić information content (AvgIpc) is 3.77. The van der Waals surface area contributed by atoms with Crippen LogP contribution in [0.1, 0.15) is 47.9 Å². The van der Waals surface area contributed by atoms with E-state index in [0.717, 1.165) is 25.7 Å². The molecule has 2 fully saturated rings. The van der Waals surface area contributed by atoms with Crippen molar-refractivity contribution in [2.45, 2.75) is 49.5 Å². The maximum atomic E-state index is 12.7. The molecule has 3 aromatic rings. The third-order valence-electron chi connectivity index (χ3n) is 5.53. The van der Waals surface area contributed by atoms with Crippen LogP contribution in [0.5, 0.6) is 5.75 Å². The van der Waals surface area contributed by atoms with E-state index in [0.29, 0.717) is 39.0 Å². The number of para-hydroxylation sites is 2. The maximum absolute atomic E-state index is 12.7. The summed E-state index contributed by atoms with van der Waals surface area (Å²) in [4.78, 5) is 25.2. The van der Waals surface area contributed by atoms with Crippen molar-refractivity contribution in [3.63, 3.8) is 0 Å². The number of anilines is 1. The van der Waals surface area contributed by atoms with Crippen molar-refractivity contribution in [1.82, 2.24) is 20.1 Å². The van der Waals surface area contributed by atoms with Gasteiger partial charge in [-0.1, -0.05) is 47.6 Å². The number of nitrogens with zero attached hydrogens (tertiary/aromatic N) is 3. The molecular formula is C24H24ClN5O3S. The minimum absolute atomic E-state index is 0.148. The van der Waals surface area contributed by atoms with Gasteiger partial charge in [-0.05, 0) is 49.9 Å². The molecule has 0 radical (unpaired) electrons. The number of ether oxygens (including phenoxy) is 1. The van der Waals surface area contributed by atoms with Crippen LogP contribution < -0.4 is 15.4 Å². The Morgan fingerprint density at radius 1 is 1.06 bits per heavy atom. The molecule has 0 saturated heterocycles. The molecule has 0 unspecified atom stereocenters. The first kappa shape index (κ1) is 22.7. The van der Waals surface area contributed by atoms with Gasteiger partial charge in [0.05, 0.1) is 22.0 Å². The van der Waals surface area contributed by atoms with Crippen molar-refractivity contribution in [1.29, 1.82) is 0 Å². The van der Waals surface area contributed by atoms with E-state index in [1.165, 1.54) is 11.8 Å². The first-order valence-electron chi connectivity index (χ1n) is 11.2. The Morgan fingerprint density at radius 2 is 1.82 bits per heavy atom. The van der Waals surface area contributed by atoms with E-state index in [4.69, 9.17) is 16.3 Å². The summed E-state index contributed by atoms with van der Waals surface area (Å²) < 4.78 is 7.89. The Bertz CT molecular complexity index is 1210. The highest BCUT2D eigenvalue weighted by molar-refractivity contribution is 7.99. The molecule has 2 aromatic carbocycles. The number of carbonyl (C=O) groups is 2. The normalized spacial score (nSPS) is 15.1. The lowest BCUT2D eigenvalue weighted by Crippen LogP contribution is -2.27. The van der Waals surface area contributed by atoms with Gasteiger partial charge >= 0.3 is 0 Å². The van der Waals surface area contributed by atoms with Crippen LogP contribution in [0.4, 0.5) is 5.69 Å². The van der Waals surface area contributed by atoms with Crippen LogP contribution >= 0.6 is 23.4 Å². The highest BCUT2D eigenvalue weighted by atomic mass is 35.5. The maximum Gasteiger partial charge on any atom is 0.253 e. The summed E-state index contributed by atoms with van der Waals surface area (Å²) in [5.41, 5.74) is 0.969. The number of amides is 2. The van der Waals surface area contributed by atoms with E-state index < -0.39 is 0 Å². The molecule has 2 N–H and O–H groups in total. The second-order valence-corrected chi connectivity index (χ2v) is 9.70. The van der Waals surface area contributed by atoms with Crippen LogP contribution in [0.3, 0.4) is 0 Å². The first-order chi connectivity index (χ1) is 16.6. The number of halogens is 1. The summed E-state index contributed by atoms with van der Waals surface area (Å²) in [6.07, 6.45) is 4.09. The van der Waals surface area contributed by atoms with Crippen molar-refractivity contribution in [3.8, 4) is 5.75 Å². The van der Waals surface area contributed by atoms with Crippen LogP contribution in [0.25, 0.3) is 0 Å². The van der Waals surface area contributed by atoms with Crippen molar-refractivity contribution < 1.29 is 14.3 Å². The van der Waals surface area contributed by atoms with Crippen molar-refractivity contribution >= 4 is 40.9 Å². The molecule has 176 valence electrons. The van der Waals surface area contributed by atoms with E-state index in [-0.39, 0.29) is 30.2 Å². The fourth-order valence-corrected chi connectivity index (χ4v) is 4.52. The number of carbonyl (C=O) groups excluding carboxylic acids is 2. The lowest BCUT2D eigenvalue weighted by molar-refractivity contribution is -0.113. The summed E-state index contributed by atoms with van der Waals surface area (Å²) in [5, 5.41) is 15.6. The number of rotatable bonds is 10. The third-order valence-corrected chi connectivity index (χ3v) is 6.79. The van der Waals surface area contributed by atoms with Crippen molar-refractivity contribution in [2.75, 3.05) is 11.1 Å². The molecule has 0 atom stereocenters. The molecule has 1 heterocycles. The van der Waals surface area contributed by atoms with Crippen molar-refractivity contribution in [3.05, 3.63) is 64.9 Å². The monoisotopic (exact) mass is 497 g/mol. The minimum atomic E-state index is -0.212. The zero-order chi connectivity index (χ0) is 23.5. The average molecular weight is 498 g/mol. The number of thioether (sulfide) groups is 1. The fourth-order valence-electron chi connectivity index (χ4n) is 3.51. The zero-order valence-corrected chi connectivity index (χ0v) is 19.9. The van der Waals surface area contributed by atoms with E-state index in [1.807, 2.05) is 22.8 Å². The quantitative estimate of drug-likeness (QED) is 0.401. The Kier molecular flexibility index (Phi) is 6.73. The Balaban J connectivity index is 1.21. The predicted octanol–water partition coefficient (Wildman–Crippen LogP) is 4.47. The Morgan fingerprint density at radius 3 is 2.59 bits per heavy atom. The molecule has 0 bridgehead atoms. The van der Waals surface area contributed by atoms with E-state index >= 15 is 0 Å². The van der Waals surface area contributed by atoms with Crippen LogP contribution in [0, 0.1) is 0 Å². The number of hydrogen-bond donors (Lipinski definition) is 2. The lowest BCUT2D eigenvalue weighted by Gasteiger charge is -2.12. The second kappa shape index (κ2) is 10.1. The van der Waals surface area contributed by atoms with Crippen LogP contribution in [0.15, 0.2) is 53.7 Å². The Hall–Kier alpha value is -3.04. The molecule has 2 aliphatic rings. The summed E-state index contributed by atoms with van der Waals surface area (Å²) in [6.45, 7) is 0.240. The number of hydrogen-bond acceptors (Lipinski definition) is 6. The van der Waals surface area contributed by atoms with Gasteiger partial charge in [0, 0.05) is 12.1 Å². The van der Waals surface area contributed by atoms with Crippen LogP contribution in [-0.2, 0) is 11.4 Å². The number of benzene rings is 2. The molecule has 5 rings (SSSR count). The largest absolute Gasteiger partial charge is 0.484 e. The van der Waals surface area contributed by atoms with E-state index in [9.17, 15) is 9.59 Å². The fraction of sp³-hybridized carbons (Fsp3) is 0.333. The molecular weight excluding hydrogens is 474 g/mol. The van der Waals surface area contributed by atoms with Gasteiger partial charge in [0.2, 0.25) is 5.91 Å². The number of aromatic nitrogens is 3. The van der Waals surface area contributed by atoms with E-state index in [1.54, 1.807) is 30.3 Å². The van der Waals surface area contributed by atoms with Crippen molar-refractivity contribution in [2.24, 2.45) is 0 Å². The second-order valence-electron chi connectivity index (χ2n) is 8.35. The molecule has 0 spiro atoms. The molecule has 34 heavy (non-hydrogen) atoms. The molecule has 2 aliphatic carbocycles. The summed E-state index contributed by atoms with van der Waals surface area (Å²) in [6, 6.07) is 14.9. The van der Waals surface area contributed by atoms with Crippen LogP contribution in [-0.4, -0.2) is 38.4 Å². The smallest absolute Gasteiger partial charge is 0.253 e. The molecule has 1 aromatic heterocycles. The summed E-state index contributed by atoms with van der Waals surface area (Å²) >= 11 is 7.50. The lowest BCUT2D eigenvalue weighted by atomic mass is 10.1. The van der Waals surface area contributed by atoms with E-state index in [2.05, 4.69) is 20.8 Å². The van der Waals surface area contributed by atoms with Gasteiger partial charge in [0.1, 0.15) is 12.4 Å². The third kappa shape index (κ3) is 5.53. The van der Waals surface area contributed by atoms with Gasteiger partial charge in [-0.2, -0.15) is 0 Å². The van der Waals surface area contributed by atoms with Gasteiger partial charge < -0.3 is 15.4 Å². The highest BCUT2D eigenvalue weighted by Gasteiger charge is 2.30. The topological polar surface area (TPSA) is 98.1 Å². The Labute approximate surface area is 206 Å². The summed E-state index contributed by atoms with van der Waals surface area (Å²) in [5.74, 6) is 1.06. The van der Waals surface area contributed by atoms with Crippen LogP contribution in [0.2, 0.25) is 5.02 Å². The van der Waals surface area contributed by atoms with Gasteiger partial charge in [0.25, 0.3) is 5.91 Å². The number of nitrogens with one attached hydrogen (secondary N) is 2. The molecule has 8 nitrogen and oxygen atoms in total.